The first-order valence-electron chi connectivity index (χ1n) is 18.7. The normalized spacial score (nSPS) is 11.9. The second-order valence-corrected chi connectivity index (χ2v) is 15.1. The van der Waals surface area contributed by atoms with Crippen molar-refractivity contribution in [2.45, 2.75) is 0 Å². The molecule has 0 atom stereocenters. The molecule has 0 spiro atoms. The van der Waals surface area contributed by atoms with Gasteiger partial charge in [0.2, 0.25) is 0 Å². The molecule has 0 aliphatic rings. The average molecular weight is 750 g/mol. The van der Waals surface area contributed by atoms with Crippen molar-refractivity contribution in [1.29, 1.82) is 0 Å². The van der Waals surface area contributed by atoms with Gasteiger partial charge >= 0.3 is 0 Å². The Balaban J connectivity index is 1.04. The van der Waals surface area contributed by atoms with Gasteiger partial charge in [-0.15, -0.1) is 11.3 Å². The maximum Gasteiger partial charge on any atom is 0.180 e. The van der Waals surface area contributed by atoms with Crippen LogP contribution in [0.4, 0.5) is 0 Å². The first kappa shape index (κ1) is 31.8. The molecule has 12 aromatic rings. The second-order valence-electron chi connectivity index (χ2n) is 14.0. The highest BCUT2D eigenvalue weighted by atomic mass is 32.1. The highest BCUT2D eigenvalue weighted by Crippen LogP contribution is 2.41. The van der Waals surface area contributed by atoms with Crippen LogP contribution in [0, 0.1) is 0 Å². The number of aromatic nitrogens is 5. The molecule has 8 heteroatoms. The largest absolute Gasteiger partial charge is 0.456 e. The van der Waals surface area contributed by atoms with Crippen molar-refractivity contribution < 1.29 is 8.83 Å². The summed E-state index contributed by atoms with van der Waals surface area (Å²) in [5.74, 6) is 2.41. The molecular weight excluding hydrogens is 723 g/mol. The van der Waals surface area contributed by atoms with Crippen LogP contribution < -0.4 is 0 Å². The van der Waals surface area contributed by atoms with E-state index in [1.54, 1.807) is 11.3 Å². The topological polar surface area (TPSA) is 90.7 Å². The van der Waals surface area contributed by atoms with Crippen LogP contribution in [0.1, 0.15) is 0 Å². The molecule has 0 saturated heterocycles. The fourth-order valence-corrected chi connectivity index (χ4v) is 8.96. The van der Waals surface area contributed by atoms with E-state index in [-0.39, 0.29) is 0 Å². The molecule has 12 rings (SSSR count). The zero-order chi connectivity index (χ0) is 37.5. The highest BCUT2D eigenvalue weighted by molar-refractivity contribution is 7.25. The van der Waals surface area contributed by atoms with Crippen molar-refractivity contribution >= 4 is 75.5 Å². The first-order chi connectivity index (χ1) is 28.2. The van der Waals surface area contributed by atoms with Crippen LogP contribution in [0.2, 0.25) is 0 Å². The summed E-state index contributed by atoms with van der Waals surface area (Å²) in [7, 11) is 0. The van der Waals surface area contributed by atoms with E-state index in [4.69, 9.17) is 33.8 Å². The summed E-state index contributed by atoms with van der Waals surface area (Å²) in [6, 6.07) is 55.3. The van der Waals surface area contributed by atoms with E-state index in [0.29, 0.717) is 40.2 Å². The van der Waals surface area contributed by atoms with Gasteiger partial charge in [-0.3, -0.25) is 0 Å². The van der Waals surface area contributed by atoms with Gasteiger partial charge in [0.25, 0.3) is 0 Å². The predicted octanol–water partition coefficient (Wildman–Crippen LogP) is 13.2. The van der Waals surface area contributed by atoms with Crippen LogP contribution in [0.15, 0.2) is 173 Å². The molecule has 5 aromatic heterocycles. The van der Waals surface area contributed by atoms with E-state index < -0.39 is 0 Å². The van der Waals surface area contributed by atoms with E-state index in [0.717, 1.165) is 60.7 Å². The number of benzene rings is 7. The highest BCUT2D eigenvalue weighted by Gasteiger charge is 2.22. The zero-order valence-corrected chi connectivity index (χ0v) is 30.9. The fraction of sp³-hybridized carbons (Fsp3) is 0. The summed E-state index contributed by atoms with van der Waals surface area (Å²) in [6.45, 7) is 0. The van der Waals surface area contributed by atoms with E-state index in [1.807, 2.05) is 103 Å². The molecule has 0 radical (unpaired) electrons. The van der Waals surface area contributed by atoms with Gasteiger partial charge in [-0.05, 0) is 54.6 Å². The van der Waals surface area contributed by atoms with Crippen LogP contribution in [-0.4, -0.2) is 24.9 Å². The van der Waals surface area contributed by atoms with Crippen molar-refractivity contribution in [2.75, 3.05) is 0 Å². The Kier molecular flexibility index (Phi) is 6.96. The number of hydrogen-bond donors (Lipinski definition) is 0. The second kappa shape index (κ2) is 12.5. The molecule has 0 saturated carbocycles. The monoisotopic (exact) mass is 749 g/mol. The lowest BCUT2D eigenvalue weighted by atomic mass is 10.0. The number of nitrogens with zero attached hydrogens (tertiary/aromatic N) is 5. The summed E-state index contributed by atoms with van der Waals surface area (Å²) in [5.41, 5.74) is 8.79. The fourth-order valence-electron chi connectivity index (χ4n) is 7.87. The van der Waals surface area contributed by atoms with Crippen molar-refractivity contribution in [3.8, 4) is 56.8 Å². The summed E-state index contributed by atoms with van der Waals surface area (Å²) >= 11 is 1.79. The minimum Gasteiger partial charge on any atom is -0.456 e. The van der Waals surface area contributed by atoms with E-state index >= 15 is 0 Å². The van der Waals surface area contributed by atoms with Crippen LogP contribution in [0.5, 0.6) is 0 Å². The zero-order valence-electron chi connectivity index (χ0n) is 30.0. The maximum atomic E-state index is 6.63. The van der Waals surface area contributed by atoms with Crippen LogP contribution in [0.3, 0.4) is 0 Å². The van der Waals surface area contributed by atoms with Crippen molar-refractivity contribution in [3.05, 3.63) is 164 Å². The van der Waals surface area contributed by atoms with Crippen molar-refractivity contribution in [1.82, 2.24) is 24.9 Å². The molecule has 0 aliphatic heterocycles. The Morgan fingerprint density at radius 2 is 1.02 bits per heavy atom. The van der Waals surface area contributed by atoms with Gasteiger partial charge in [0.05, 0.1) is 0 Å². The number of fused-ring (bicyclic) bond motifs is 9. The standard InChI is InChI=1S/C49H27N5O2S/c1-3-12-28(13-4-1)46-50-43(45-44(51-46)34-17-7-9-19-37(34)56-45)30-22-24-33-39(27-30)55-38-20-11-18-35(42(33)38)49-53-47(29-14-5-2-6-15-29)52-48(54-49)31-23-25-41-36(26-31)32-16-8-10-21-40(32)57-41/h1-27H. The quantitative estimate of drug-likeness (QED) is 0.173. The van der Waals surface area contributed by atoms with Gasteiger partial charge in [-0.1, -0.05) is 109 Å². The maximum absolute atomic E-state index is 6.63. The Bertz CT molecular complexity index is 3540. The van der Waals surface area contributed by atoms with Crippen molar-refractivity contribution in [3.63, 3.8) is 0 Å². The number of para-hydroxylation sites is 1. The molecule has 266 valence electrons. The van der Waals surface area contributed by atoms with Gasteiger partial charge < -0.3 is 8.83 Å². The van der Waals surface area contributed by atoms with E-state index in [9.17, 15) is 0 Å². The molecule has 0 amide bonds. The average Bonchev–Trinajstić information content (AvgIpc) is 3.97. The Morgan fingerprint density at radius 1 is 0.368 bits per heavy atom. The molecule has 7 nitrogen and oxygen atoms in total. The van der Waals surface area contributed by atoms with Gasteiger partial charge in [-0.25, -0.2) is 24.9 Å². The predicted molar refractivity (Wildman–Crippen MR) is 230 cm³/mol. The SMILES string of the molecule is c1ccc(-c2nc(-c3ccc4sc5ccccc5c4c3)nc(-c3cccc4oc5cc(-c6nc(-c7ccccc7)nc7c6oc6ccccc67)ccc5c34)n2)cc1. The van der Waals surface area contributed by atoms with Crippen molar-refractivity contribution in [2.24, 2.45) is 0 Å². The summed E-state index contributed by atoms with van der Waals surface area (Å²) < 4.78 is 15.5. The molecule has 0 fully saturated rings. The van der Waals surface area contributed by atoms with Gasteiger partial charge in [-0.2, -0.15) is 0 Å². The minimum absolute atomic E-state index is 0.568. The molecule has 0 N–H and O–H groups in total. The number of hydrogen-bond acceptors (Lipinski definition) is 8. The van der Waals surface area contributed by atoms with Gasteiger partial charge in [0.1, 0.15) is 28.0 Å². The van der Waals surface area contributed by atoms with Crippen LogP contribution in [0.25, 0.3) is 121 Å². The molecule has 0 bridgehead atoms. The first-order valence-corrected chi connectivity index (χ1v) is 19.5. The summed E-state index contributed by atoms with van der Waals surface area (Å²) in [5, 5.41) is 5.23. The third-order valence-corrected chi connectivity index (χ3v) is 11.7. The van der Waals surface area contributed by atoms with Crippen LogP contribution in [-0.2, 0) is 0 Å². The lowest BCUT2D eigenvalue weighted by Gasteiger charge is -2.09. The molecule has 57 heavy (non-hydrogen) atoms. The van der Waals surface area contributed by atoms with Gasteiger partial charge in [0, 0.05) is 64.1 Å². The Labute approximate surface area is 328 Å². The summed E-state index contributed by atoms with van der Waals surface area (Å²) in [4.78, 5) is 25.4. The number of thiophene rings is 1. The third kappa shape index (κ3) is 5.15. The number of furan rings is 2. The van der Waals surface area contributed by atoms with E-state index in [1.165, 1.54) is 20.2 Å². The Morgan fingerprint density at radius 3 is 1.84 bits per heavy atom. The molecular formula is C49H27N5O2S. The Hall–Kier alpha value is -7.55. The van der Waals surface area contributed by atoms with Gasteiger partial charge in [0.15, 0.2) is 28.9 Å². The lowest BCUT2D eigenvalue weighted by molar-refractivity contribution is 0.666. The molecule has 5 heterocycles. The lowest BCUT2D eigenvalue weighted by Crippen LogP contribution is -2.00. The minimum atomic E-state index is 0.568. The van der Waals surface area contributed by atoms with Crippen LogP contribution >= 0.6 is 11.3 Å². The number of rotatable bonds is 5. The molecule has 7 aromatic carbocycles. The van der Waals surface area contributed by atoms with E-state index in [2.05, 4.69) is 60.7 Å². The summed E-state index contributed by atoms with van der Waals surface area (Å²) in [6.07, 6.45) is 0. The molecule has 0 aliphatic carbocycles. The molecule has 0 unspecified atom stereocenters. The smallest absolute Gasteiger partial charge is 0.180 e. The third-order valence-electron chi connectivity index (χ3n) is 10.6.